The zero-order chi connectivity index (χ0) is 14.7. The summed E-state index contributed by atoms with van der Waals surface area (Å²) in [7, 11) is 1.68. The Labute approximate surface area is 127 Å². The molecule has 1 fully saturated rings. The number of hydrogen-bond acceptors (Lipinski definition) is 3. The van der Waals surface area contributed by atoms with Crippen molar-refractivity contribution in [3.63, 3.8) is 0 Å². The number of piperidine rings is 1. The predicted octanol–water partition coefficient (Wildman–Crippen LogP) is 3.39. The summed E-state index contributed by atoms with van der Waals surface area (Å²) in [5, 5.41) is 0. The molecular formula is C18H25NO2. The normalized spacial score (nSPS) is 29.7. The van der Waals surface area contributed by atoms with E-state index in [1.165, 1.54) is 18.4 Å². The molecule has 3 aliphatic rings. The van der Waals surface area contributed by atoms with Crippen LogP contribution in [0.15, 0.2) is 42.5 Å². The van der Waals surface area contributed by atoms with E-state index < -0.39 is 0 Å². The van der Waals surface area contributed by atoms with Gasteiger partial charge in [-0.25, -0.2) is 0 Å². The number of fused-ring (bicyclic) bond motifs is 2. The maximum atomic E-state index is 5.69. The molecule has 1 aromatic carbocycles. The van der Waals surface area contributed by atoms with Crippen LogP contribution in [-0.4, -0.2) is 37.5 Å². The quantitative estimate of drug-likeness (QED) is 0.455. The van der Waals surface area contributed by atoms with Crippen LogP contribution in [0.1, 0.15) is 31.4 Å². The zero-order valence-corrected chi connectivity index (χ0v) is 12.9. The minimum Gasteiger partial charge on any atom is -0.359 e. The molecule has 0 amide bonds. The minimum absolute atomic E-state index is 0.380. The number of methoxy groups -OCH3 is 1. The lowest BCUT2D eigenvalue weighted by Crippen LogP contribution is -2.55. The number of hydrogen-bond donors (Lipinski definition) is 0. The van der Waals surface area contributed by atoms with E-state index in [2.05, 4.69) is 54.3 Å². The fourth-order valence-corrected chi connectivity index (χ4v) is 3.80. The minimum atomic E-state index is 0.380. The third-order valence-electron chi connectivity index (χ3n) is 4.86. The van der Waals surface area contributed by atoms with Gasteiger partial charge in [-0.15, -0.1) is 0 Å². The van der Waals surface area contributed by atoms with Gasteiger partial charge in [-0.3, -0.25) is 4.90 Å². The predicted molar refractivity (Wildman–Crippen MR) is 84.0 cm³/mol. The molecule has 0 aromatic heterocycles. The molecule has 1 aliphatic carbocycles. The van der Waals surface area contributed by atoms with Crippen LogP contribution in [0, 0.1) is 5.92 Å². The van der Waals surface area contributed by atoms with Gasteiger partial charge < -0.3 is 9.47 Å². The van der Waals surface area contributed by atoms with Crippen molar-refractivity contribution in [2.24, 2.45) is 5.92 Å². The van der Waals surface area contributed by atoms with E-state index in [1.807, 2.05) is 0 Å². The van der Waals surface area contributed by atoms with E-state index in [9.17, 15) is 0 Å². The second-order valence-electron chi connectivity index (χ2n) is 6.07. The van der Waals surface area contributed by atoms with Crippen molar-refractivity contribution >= 4 is 0 Å². The van der Waals surface area contributed by atoms with Crippen molar-refractivity contribution in [2.45, 2.75) is 37.9 Å². The molecule has 2 bridgehead atoms. The van der Waals surface area contributed by atoms with Crippen LogP contribution in [-0.2, 0) is 9.47 Å². The van der Waals surface area contributed by atoms with Crippen LogP contribution in [0.5, 0.6) is 0 Å². The maximum absolute atomic E-state index is 5.69. The third kappa shape index (κ3) is 3.05. The maximum Gasteiger partial charge on any atom is 0.146 e. The molecule has 114 valence electrons. The first-order chi connectivity index (χ1) is 10.3. The highest BCUT2D eigenvalue weighted by Gasteiger charge is 2.41. The molecule has 2 heterocycles. The number of benzene rings is 1. The highest BCUT2D eigenvalue weighted by Crippen LogP contribution is 2.40. The largest absolute Gasteiger partial charge is 0.359 e. The van der Waals surface area contributed by atoms with Crippen LogP contribution in [0.4, 0.5) is 0 Å². The van der Waals surface area contributed by atoms with Gasteiger partial charge in [-0.05, 0) is 31.2 Å². The van der Waals surface area contributed by atoms with Gasteiger partial charge in [-0.1, -0.05) is 42.5 Å². The smallest absolute Gasteiger partial charge is 0.146 e. The topological polar surface area (TPSA) is 21.7 Å². The average Bonchev–Trinajstić information content (AvgIpc) is 2.56. The van der Waals surface area contributed by atoms with Crippen LogP contribution in [0.2, 0.25) is 0 Å². The second kappa shape index (κ2) is 6.73. The van der Waals surface area contributed by atoms with Crippen molar-refractivity contribution in [2.75, 3.05) is 20.5 Å². The number of rotatable bonds is 6. The van der Waals surface area contributed by atoms with Crippen molar-refractivity contribution in [1.82, 2.24) is 4.90 Å². The molecule has 0 spiro atoms. The summed E-state index contributed by atoms with van der Waals surface area (Å²) in [5.74, 6) is 0.609. The van der Waals surface area contributed by atoms with Gasteiger partial charge >= 0.3 is 0 Å². The summed E-state index contributed by atoms with van der Waals surface area (Å²) in [6.45, 7) is 3.44. The van der Waals surface area contributed by atoms with E-state index in [4.69, 9.17) is 9.47 Å². The van der Waals surface area contributed by atoms with Crippen LogP contribution >= 0.6 is 0 Å². The SMILES string of the molecule is COCOC[C@@H]1[C@H]2C=C[C@H](CC2)N1C(C)c1ccccc1. The van der Waals surface area contributed by atoms with Gasteiger partial charge in [0.15, 0.2) is 0 Å². The molecular weight excluding hydrogens is 262 g/mol. The lowest BCUT2D eigenvalue weighted by atomic mass is 9.78. The van der Waals surface area contributed by atoms with Gasteiger partial charge in [0.05, 0.1) is 6.61 Å². The standard InChI is InChI=1S/C18H25NO2/c1-14(15-6-4-3-5-7-15)19-17-10-8-16(9-11-17)18(19)12-21-13-20-2/h3-8,10,14,16-18H,9,11-13H2,1-2H3/t14?,16-,17+,18+/m0/s1. The Morgan fingerprint density at radius 1 is 1.19 bits per heavy atom. The highest BCUT2D eigenvalue weighted by atomic mass is 16.7. The summed E-state index contributed by atoms with van der Waals surface area (Å²) in [5.41, 5.74) is 1.38. The Kier molecular flexibility index (Phi) is 4.73. The monoisotopic (exact) mass is 287 g/mol. The van der Waals surface area contributed by atoms with Gasteiger partial charge in [-0.2, -0.15) is 0 Å². The van der Waals surface area contributed by atoms with Crippen LogP contribution in [0.25, 0.3) is 0 Å². The molecule has 4 rings (SSSR count). The molecule has 3 heteroatoms. The highest BCUT2D eigenvalue weighted by molar-refractivity contribution is 5.22. The average molecular weight is 287 g/mol. The first kappa shape index (κ1) is 14.8. The summed E-state index contributed by atoms with van der Waals surface area (Å²) < 4.78 is 10.7. The van der Waals surface area contributed by atoms with E-state index in [1.54, 1.807) is 7.11 Å². The van der Waals surface area contributed by atoms with Crippen LogP contribution < -0.4 is 0 Å². The summed E-state index contributed by atoms with van der Waals surface area (Å²) in [6.07, 6.45) is 7.32. The molecule has 3 nitrogen and oxygen atoms in total. The molecule has 1 aromatic rings. The molecule has 2 aliphatic heterocycles. The number of ether oxygens (including phenoxy) is 2. The molecule has 1 saturated heterocycles. The van der Waals surface area contributed by atoms with E-state index in [0.717, 1.165) is 6.61 Å². The van der Waals surface area contributed by atoms with Crippen LogP contribution in [0.3, 0.4) is 0 Å². The van der Waals surface area contributed by atoms with Crippen molar-refractivity contribution in [3.8, 4) is 0 Å². The van der Waals surface area contributed by atoms with Gasteiger partial charge in [0.1, 0.15) is 6.79 Å². The van der Waals surface area contributed by atoms with E-state index >= 15 is 0 Å². The lowest BCUT2D eigenvalue weighted by Gasteiger charge is -2.50. The molecule has 4 atom stereocenters. The van der Waals surface area contributed by atoms with Crippen molar-refractivity contribution in [3.05, 3.63) is 48.0 Å². The van der Waals surface area contributed by atoms with Crippen molar-refractivity contribution in [1.29, 1.82) is 0 Å². The Morgan fingerprint density at radius 2 is 2.00 bits per heavy atom. The third-order valence-corrected chi connectivity index (χ3v) is 4.86. The van der Waals surface area contributed by atoms with Gasteiger partial charge in [0.2, 0.25) is 0 Å². The fourth-order valence-electron chi connectivity index (χ4n) is 3.80. The first-order valence-electron chi connectivity index (χ1n) is 7.88. The molecule has 0 saturated carbocycles. The number of nitrogens with zero attached hydrogens (tertiary/aromatic N) is 1. The summed E-state index contributed by atoms with van der Waals surface area (Å²) >= 11 is 0. The Morgan fingerprint density at radius 3 is 2.67 bits per heavy atom. The van der Waals surface area contributed by atoms with E-state index in [-0.39, 0.29) is 0 Å². The molecule has 1 unspecified atom stereocenters. The van der Waals surface area contributed by atoms with Crippen molar-refractivity contribution < 1.29 is 9.47 Å². The molecule has 0 radical (unpaired) electrons. The second-order valence-corrected chi connectivity index (χ2v) is 6.07. The Balaban J connectivity index is 1.78. The molecule has 0 N–H and O–H groups in total. The Hall–Kier alpha value is -1.16. The lowest BCUT2D eigenvalue weighted by molar-refractivity contribution is -0.0803. The summed E-state index contributed by atoms with van der Waals surface area (Å²) in [6, 6.07) is 12.2. The zero-order valence-electron chi connectivity index (χ0n) is 12.9. The Bertz CT molecular complexity index is 473. The van der Waals surface area contributed by atoms with Gasteiger partial charge in [0.25, 0.3) is 0 Å². The van der Waals surface area contributed by atoms with E-state index in [0.29, 0.717) is 30.8 Å². The summed E-state index contributed by atoms with van der Waals surface area (Å²) in [4.78, 5) is 2.64. The fraction of sp³-hybridized carbons (Fsp3) is 0.556. The molecule has 21 heavy (non-hydrogen) atoms. The van der Waals surface area contributed by atoms with Gasteiger partial charge in [0, 0.05) is 25.2 Å². The first-order valence-corrected chi connectivity index (χ1v) is 7.88.